The zero-order valence-corrected chi connectivity index (χ0v) is 11.5. The molecular weight excluding hydrogens is 278 g/mol. The van der Waals surface area contributed by atoms with Gasteiger partial charge in [0, 0.05) is 12.1 Å². The van der Waals surface area contributed by atoms with Gasteiger partial charge in [0.25, 0.3) is 0 Å². The molecule has 20 heavy (non-hydrogen) atoms. The molecule has 2 aromatic carbocycles. The van der Waals surface area contributed by atoms with Crippen LogP contribution < -0.4 is 5.76 Å². The maximum atomic E-state index is 11.4. The second-order valence-electron chi connectivity index (χ2n) is 4.61. The third-order valence-electron chi connectivity index (χ3n) is 3.32. The third kappa shape index (κ3) is 2.13. The Morgan fingerprint density at radius 2 is 1.80 bits per heavy atom. The minimum atomic E-state index is -0.790. The number of aliphatic hydroxyl groups is 1. The van der Waals surface area contributed by atoms with Crippen LogP contribution in [0, 0.1) is 0 Å². The summed E-state index contributed by atoms with van der Waals surface area (Å²) in [5, 5.41) is 11.0. The summed E-state index contributed by atoms with van der Waals surface area (Å²) in [6.45, 7) is 0. The number of aryl methyl sites for hydroxylation is 1. The van der Waals surface area contributed by atoms with E-state index in [0.717, 1.165) is 5.56 Å². The number of hydrogen-bond acceptors (Lipinski definition) is 3. The predicted molar refractivity (Wildman–Crippen MR) is 77.0 cm³/mol. The number of aliphatic hydroxyl groups excluding tert-OH is 1. The summed E-state index contributed by atoms with van der Waals surface area (Å²) in [6.07, 6.45) is -0.790. The first kappa shape index (κ1) is 13.0. The van der Waals surface area contributed by atoms with Gasteiger partial charge < -0.3 is 9.52 Å². The molecule has 0 aliphatic heterocycles. The fraction of sp³-hybridized carbons (Fsp3) is 0.133. The normalized spacial score (nSPS) is 12.8. The highest BCUT2D eigenvalue weighted by atomic mass is 35.5. The minimum Gasteiger partial charge on any atom is -0.408 e. The summed E-state index contributed by atoms with van der Waals surface area (Å²) in [7, 11) is 1.64. The van der Waals surface area contributed by atoms with Gasteiger partial charge in [-0.3, -0.25) is 4.57 Å². The van der Waals surface area contributed by atoms with Crippen molar-refractivity contribution in [3.63, 3.8) is 0 Å². The van der Waals surface area contributed by atoms with Gasteiger partial charge in [0.05, 0.1) is 5.52 Å². The number of benzene rings is 2. The zero-order valence-electron chi connectivity index (χ0n) is 10.7. The van der Waals surface area contributed by atoms with Gasteiger partial charge in [-0.15, -0.1) is 0 Å². The van der Waals surface area contributed by atoms with Crippen LogP contribution in [0.1, 0.15) is 17.2 Å². The molecule has 102 valence electrons. The molecule has 0 aliphatic carbocycles. The van der Waals surface area contributed by atoms with Crippen LogP contribution >= 0.6 is 11.6 Å². The number of aromatic nitrogens is 1. The van der Waals surface area contributed by atoms with Crippen molar-refractivity contribution in [3.05, 3.63) is 69.2 Å². The zero-order chi connectivity index (χ0) is 14.3. The van der Waals surface area contributed by atoms with Gasteiger partial charge in [0.15, 0.2) is 5.58 Å². The number of hydrogen-bond donors (Lipinski definition) is 1. The van der Waals surface area contributed by atoms with Crippen molar-refractivity contribution in [2.75, 3.05) is 0 Å². The molecule has 5 heteroatoms. The van der Waals surface area contributed by atoms with E-state index in [2.05, 4.69) is 0 Å². The van der Waals surface area contributed by atoms with Crippen molar-refractivity contribution < 1.29 is 9.52 Å². The van der Waals surface area contributed by atoms with E-state index in [4.69, 9.17) is 16.0 Å². The van der Waals surface area contributed by atoms with Gasteiger partial charge in [-0.2, -0.15) is 0 Å². The van der Waals surface area contributed by atoms with Gasteiger partial charge in [0.2, 0.25) is 0 Å². The van der Waals surface area contributed by atoms with Crippen LogP contribution in [0.4, 0.5) is 0 Å². The lowest BCUT2D eigenvalue weighted by atomic mass is 10.0. The summed E-state index contributed by atoms with van der Waals surface area (Å²) in [5.74, 6) is -0.418. The molecule has 0 aliphatic rings. The van der Waals surface area contributed by atoms with Gasteiger partial charge in [0.1, 0.15) is 6.10 Å². The maximum absolute atomic E-state index is 11.4. The lowest BCUT2D eigenvalue weighted by Gasteiger charge is -2.11. The van der Waals surface area contributed by atoms with Crippen LogP contribution in [-0.4, -0.2) is 9.67 Å². The van der Waals surface area contributed by atoms with Crippen molar-refractivity contribution >= 4 is 22.7 Å². The third-order valence-corrected chi connectivity index (χ3v) is 3.57. The molecule has 0 amide bonds. The first-order valence-corrected chi connectivity index (χ1v) is 6.47. The fourth-order valence-electron chi connectivity index (χ4n) is 2.16. The lowest BCUT2D eigenvalue weighted by Crippen LogP contribution is -2.08. The number of oxazole rings is 1. The maximum Gasteiger partial charge on any atom is 0.419 e. The molecule has 3 aromatic rings. The van der Waals surface area contributed by atoms with Crippen molar-refractivity contribution in [2.24, 2.45) is 7.05 Å². The Morgan fingerprint density at radius 3 is 2.50 bits per heavy atom. The van der Waals surface area contributed by atoms with Crippen LogP contribution in [0.2, 0.25) is 5.02 Å². The molecule has 0 fully saturated rings. The first-order chi connectivity index (χ1) is 9.56. The molecule has 3 rings (SSSR count). The molecule has 1 atom stereocenters. The Balaban J connectivity index is 2.05. The highest BCUT2D eigenvalue weighted by Crippen LogP contribution is 2.25. The van der Waals surface area contributed by atoms with E-state index in [0.29, 0.717) is 21.7 Å². The lowest BCUT2D eigenvalue weighted by molar-refractivity contribution is 0.220. The summed E-state index contributed by atoms with van der Waals surface area (Å²) in [6, 6.07) is 12.2. The van der Waals surface area contributed by atoms with E-state index in [1.54, 1.807) is 49.5 Å². The van der Waals surface area contributed by atoms with Crippen molar-refractivity contribution in [1.82, 2.24) is 4.57 Å². The molecule has 0 saturated heterocycles. The van der Waals surface area contributed by atoms with Crippen molar-refractivity contribution in [2.45, 2.75) is 6.10 Å². The van der Waals surface area contributed by atoms with Gasteiger partial charge in [-0.1, -0.05) is 29.8 Å². The minimum absolute atomic E-state index is 0.418. The van der Waals surface area contributed by atoms with Crippen LogP contribution in [0.15, 0.2) is 51.7 Å². The van der Waals surface area contributed by atoms with E-state index >= 15 is 0 Å². The fourth-order valence-corrected chi connectivity index (χ4v) is 2.28. The highest BCUT2D eigenvalue weighted by Gasteiger charge is 2.13. The molecule has 0 radical (unpaired) electrons. The average molecular weight is 290 g/mol. The van der Waals surface area contributed by atoms with Crippen LogP contribution in [0.3, 0.4) is 0 Å². The summed E-state index contributed by atoms with van der Waals surface area (Å²) in [4.78, 5) is 11.4. The Hall–Kier alpha value is -2.04. The van der Waals surface area contributed by atoms with Gasteiger partial charge in [-0.05, 0) is 35.4 Å². The molecule has 4 nitrogen and oxygen atoms in total. The number of halogens is 1. The molecule has 0 spiro atoms. The first-order valence-electron chi connectivity index (χ1n) is 6.09. The number of nitrogens with zero attached hydrogens (tertiary/aromatic N) is 1. The molecule has 1 N–H and O–H groups in total. The van der Waals surface area contributed by atoms with E-state index in [9.17, 15) is 9.90 Å². The number of fused-ring (bicyclic) bond motifs is 1. The number of rotatable bonds is 2. The Labute approximate surface area is 119 Å². The Kier molecular flexibility index (Phi) is 3.12. The largest absolute Gasteiger partial charge is 0.419 e. The Bertz CT molecular complexity index is 817. The second-order valence-corrected chi connectivity index (χ2v) is 5.04. The summed E-state index contributed by atoms with van der Waals surface area (Å²) >= 11 is 5.83. The standard InChI is InChI=1S/C15H12ClNO3/c1-17-12-7-4-10(8-13(12)20-15(17)19)14(18)9-2-5-11(16)6-3-9/h2-8,14,18H,1H3. The quantitative estimate of drug-likeness (QED) is 0.789. The SMILES string of the molecule is Cn1c(=O)oc2cc(C(O)c3ccc(Cl)cc3)ccc21. The van der Waals surface area contributed by atoms with E-state index < -0.39 is 11.9 Å². The van der Waals surface area contributed by atoms with Gasteiger partial charge in [-0.25, -0.2) is 4.79 Å². The predicted octanol–water partition coefficient (Wildman–Crippen LogP) is 2.87. The second kappa shape index (κ2) is 4.81. The topological polar surface area (TPSA) is 55.4 Å². The van der Waals surface area contributed by atoms with E-state index in [1.165, 1.54) is 4.57 Å². The summed E-state index contributed by atoms with van der Waals surface area (Å²) < 4.78 is 6.54. The van der Waals surface area contributed by atoms with Crippen LogP contribution in [0.5, 0.6) is 0 Å². The van der Waals surface area contributed by atoms with Gasteiger partial charge >= 0.3 is 5.76 Å². The van der Waals surface area contributed by atoms with E-state index in [1.807, 2.05) is 0 Å². The smallest absolute Gasteiger partial charge is 0.408 e. The van der Waals surface area contributed by atoms with Crippen molar-refractivity contribution in [1.29, 1.82) is 0 Å². The monoisotopic (exact) mass is 289 g/mol. The molecule has 1 aromatic heterocycles. The van der Waals surface area contributed by atoms with Crippen LogP contribution in [-0.2, 0) is 7.05 Å². The average Bonchev–Trinajstić information content (AvgIpc) is 2.74. The molecule has 1 heterocycles. The highest BCUT2D eigenvalue weighted by molar-refractivity contribution is 6.30. The molecule has 0 bridgehead atoms. The van der Waals surface area contributed by atoms with Crippen molar-refractivity contribution in [3.8, 4) is 0 Å². The Morgan fingerprint density at radius 1 is 1.15 bits per heavy atom. The van der Waals surface area contributed by atoms with E-state index in [-0.39, 0.29) is 0 Å². The molecule has 1 unspecified atom stereocenters. The summed E-state index contributed by atoms with van der Waals surface area (Å²) in [5.41, 5.74) is 2.55. The van der Waals surface area contributed by atoms with Crippen LogP contribution in [0.25, 0.3) is 11.1 Å². The molecular formula is C15H12ClNO3. The molecule has 0 saturated carbocycles.